The smallest absolute Gasteiger partial charge is 0.211 e. The summed E-state index contributed by atoms with van der Waals surface area (Å²) in [6, 6.07) is -0.122. The molecule has 0 aromatic carbocycles. The molecule has 1 fully saturated rings. The molecule has 0 spiro atoms. The summed E-state index contributed by atoms with van der Waals surface area (Å²) in [5, 5.41) is 0. The summed E-state index contributed by atoms with van der Waals surface area (Å²) >= 11 is 0. The molecule has 1 aliphatic rings. The van der Waals surface area contributed by atoms with E-state index in [2.05, 4.69) is 23.8 Å². The van der Waals surface area contributed by atoms with Crippen molar-refractivity contribution in [2.75, 3.05) is 6.54 Å². The molecule has 2 unspecified atom stereocenters. The van der Waals surface area contributed by atoms with Crippen molar-refractivity contribution in [2.24, 2.45) is 20.8 Å². The van der Waals surface area contributed by atoms with Crippen LogP contribution in [0.5, 0.6) is 0 Å². The van der Waals surface area contributed by atoms with Crippen LogP contribution in [0.15, 0.2) is 9.98 Å². The van der Waals surface area contributed by atoms with Crippen LogP contribution in [-0.2, 0) is 9.59 Å². The maximum atomic E-state index is 10.5. The van der Waals surface area contributed by atoms with E-state index in [4.69, 9.17) is 0 Å². The third-order valence-corrected chi connectivity index (χ3v) is 3.66. The second-order valence-electron chi connectivity index (χ2n) is 5.53. The Morgan fingerprint density at radius 1 is 1.19 bits per heavy atom. The maximum absolute atomic E-state index is 10.5. The molecule has 16 heavy (non-hydrogen) atoms. The van der Waals surface area contributed by atoms with Gasteiger partial charge in [0, 0.05) is 5.41 Å². The summed E-state index contributed by atoms with van der Waals surface area (Å²) in [5.41, 5.74) is -0.264. The predicted molar refractivity (Wildman–Crippen MR) is 60.6 cm³/mol. The Kier molecular flexibility index (Phi) is 3.79. The van der Waals surface area contributed by atoms with Gasteiger partial charge in [-0.2, -0.15) is 0 Å². The number of nitrogens with zero attached hydrogens (tertiary/aromatic N) is 2. The molecule has 4 heteroatoms. The van der Waals surface area contributed by atoms with Gasteiger partial charge in [0.25, 0.3) is 0 Å². The number of hydrogen-bond donors (Lipinski definition) is 0. The van der Waals surface area contributed by atoms with E-state index in [-0.39, 0.29) is 16.9 Å². The molecule has 88 valence electrons. The average molecular weight is 222 g/mol. The molecule has 0 bridgehead atoms. The highest BCUT2D eigenvalue weighted by atomic mass is 16.1. The second kappa shape index (κ2) is 4.73. The maximum Gasteiger partial charge on any atom is 0.235 e. The van der Waals surface area contributed by atoms with Crippen LogP contribution in [0.1, 0.15) is 40.0 Å². The predicted octanol–water partition coefficient (Wildman–Crippen LogP) is 2.24. The monoisotopic (exact) mass is 222 g/mol. The molecular formula is C12H18N2O2. The van der Waals surface area contributed by atoms with Crippen molar-refractivity contribution < 1.29 is 9.59 Å². The zero-order valence-electron chi connectivity index (χ0n) is 10.1. The first-order valence-electron chi connectivity index (χ1n) is 5.57. The van der Waals surface area contributed by atoms with E-state index >= 15 is 0 Å². The van der Waals surface area contributed by atoms with Crippen molar-refractivity contribution in [3.8, 4) is 0 Å². The molecule has 0 heterocycles. The number of aliphatic imine (C=N–C) groups is 2. The third-order valence-electron chi connectivity index (χ3n) is 3.66. The van der Waals surface area contributed by atoms with Crippen molar-refractivity contribution in [3.05, 3.63) is 0 Å². The van der Waals surface area contributed by atoms with E-state index in [0.717, 1.165) is 19.3 Å². The van der Waals surface area contributed by atoms with Crippen LogP contribution in [0.25, 0.3) is 0 Å². The summed E-state index contributed by atoms with van der Waals surface area (Å²) in [5.74, 6) is 0. The van der Waals surface area contributed by atoms with Crippen LogP contribution in [0.4, 0.5) is 0 Å². The van der Waals surface area contributed by atoms with Gasteiger partial charge in [0.05, 0.1) is 12.6 Å². The fourth-order valence-electron chi connectivity index (χ4n) is 2.93. The first kappa shape index (κ1) is 12.8. The zero-order valence-corrected chi connectivity index (χ0v) is 10.1. The molecule has 0 aromatic rings. The number of isocyanates is 2. The van der Waals surface area contributed by atoms with Crippen molar-refractivity contribution in [2.45, 2.75) is 46.1 Å². The van der Waals surface area contributed by atoms with Crippen molar-refractivity contribution >= 4 is 12.2 Å². The van der Waals surface area contributed by atoms with Crippen molar-refractivity contribution in [1.82, 2.24) is 0 Å². The molecular weight excluding hydrogens is 204 g/mol. The summed E-state index contributed by atoms with van der Waals surface area (Å²) < 4.78 is 0. The summed E-state index contributed by atoms with van der Waals surface area (Å²) in [4.78, 5) is 28.4. The Morgan fingerprint density at radius 2 is 1.88 bits per heavy atom. The van der Waals surface area contributed by atoms with Gasteiger partial charge >= 0.3 is 0 Å². The molecule has 1 saturated carbocycles. The van der Waals surface area contributed by atoms with Crippen LogP contribution in [0.3, 0.4) is 0 Å². The van der Waals surface area contributed by atoms with Gasteiger partial charge in [-0.25, -0.2) is 19.6 Å². The van der Waals surface area contributed by atoms with Crippen LogP contribution in [-0.4, -0.2) is 24.7 Å². The fraction of sp³-hybridized carbons (Fsp3) is 0.833. The van der Waals surface area contributed by atoms with E-state index in [9.17, 15) is 9.59 Å². The minimum absolute atomic E-state index is 0.0389. The molecule has 0 amide bonds. The number of carbonyl (C=O) groups excluding carboxylic acids is 2. The second-order valence-corrected chi connectivity index (χ2v) is 5.53. The lowest BCUT2D eigenvalue weighted by atomic mass is 9.60. The van der Waals surface area contributed by atoms with Gasteiger partial charge in [0.1, 0.15) is 0 Å². The van der Waals surface area contributed by atoms with Crippen LogP contribution in [0, 0.1) is 10.8 Å². The van der Waals surface area contributed by atoms with Crippen molar-refractivity contribution in [3.63, 3.8) is 0 Å². The van der Waals surface area contributed by atoms with Gasteiger partial charge in [-0.15, -0.1) is 0 Å². The molecule has 1 rings (SSSR count). The molecule has 4 nitrogen and oxygen atoms in total. The fourth-order valence-corrected chi connectivity index (χ4v) is 2.93. The molecule has 0 aliphatic heterocycles. The molecule has 0 saturated heterocycles. The van der Waals surface area contributed by atoms with Gasteiger partial charge in [0.15, 0.2) is 0 Å². The largest absolute Gasteiger partial charge is 0.235 e. The molecule has 0 aromatic heterocycles. The zero-order chi connectivity index (χ0) is 12.2. The molecule has 1 aliphatic carbocycles. The standard InChI is InChI=1S/C12H18N2O2/c1-11(2)5-4-6-12(3,7-13-8-15)10(11)14-9-16/h10H,4-7H2,1-3H3. The van der Waals surface area contributed by atoms with E-state index < -0.39 is 0 Å². The van der Waals surface area contributed by atoms with E-state index in [1.807, 2.05) is 6.92 Å². The third kappa shape index (κ3) is 2.46. The van der Waals surface area contributed by atoms with Gasteiger partial charge in [-0.1, -0.05) is 27.2 Å². The van der Waals surface area contributed by atoms with E-state index in [0.29, 0.717) is 6.54 Å². The SMILES string of the molecule is CC1(C)CCCC(C)(CN=C=O)C1N=C=O. The van der Waals surface area contributed by atoms with Crippen LogP contribution < -0.4 is 0 Å². The van der Waals surface area contributed by atoms with Crippen LogP contribution >= 0.6 is 0 Å². The Labute approximate surface area is 95.9 Å². The lowest BCUT2D eigenvalue weighted by molar-refractivity contribution is 0.0709. The first-order chi connectivity index (χ1) is 7.46. The lowest BCUT2D eigenvalue weighted by Gasteiger charge is -2.47. The van der Waals surface area contributed by atoms with E-state index in [1.165, 1.54) is 0 Å². The first-order valence-corrected chi connectivity index (χ1v) is 5.57. The Hall–Kier alpha value is -1.24. The minimum atomic E-state index is -0.226. The minimum Gasteiger partial charge on any atom is -0.211 e. The van der Waals surface area contributed by atoms with Crippen LogP contribution in [0.2, 0.25) is 0 Å². The van der Waals surface area contributed by atoms with Gasteiger partial charge in [0.2, 0.25) is 12.2 Å². The summed E-state index contributed by atoms with van der Waals surface area (Å²) in [7, 11) is 0. The van der Waals surface area contributed by atoms with E-state index in [1.54, 1.807) is 12.2 Å². The Morgan fingerprint density at radius 3 is 2.44 bits per heavy atom. The topological polar surface area (TPSA) is 58.9 Å². The Balaban J connectivity index is 3.04. The van der Waals surface area contributed by atoms with Gasteiger partial charge in [-0.05, 0) is 18.3 Å². The van der Waals surface area contributed by atoms with Gasteiger partial charge < -0.3 is 0 Å². The highest BCUT2D eigenvalue weighted by Crippen LogP contribution is 2.48. The highest BCUT2D eigenvalue weighted by molar-refractivity contribution is 5.35. The Bertz CT molecular complexity index is 352. The average Bonchev–Trinajstić information content (AvgIpc) is 2.21. The number of hydrogen-bond acceptors (Lipinski definition) is 4. The molecule has 0 N–H and O–H groups in total. The molecule has 0 radical (unpaired) electrons. The quantitative estimate of drug-likeness (QED) is 0.543. The summed E-state index contributed by atoms with van der Waals surface area (Å²) in [6.45, 7) is 6.61. The molecule has 2 atom stereocenters. The lowest BCUT2D eigenvalue weighted by Crippen LogP contribution is -2.47. The van der Waals surface area contributed by atoms with Crippen molar-refractivity contribution in [1.29, 1.82) is 0 Å². The van der Waals surface area contributed by atoms with Gasteiger partial charge in [-0.3, -0.25) is 0 Å². The summed E-state index contributed by atoms with van der Waals surface area (Å²) in [6.07, 6.45) is 6.26. The number of rotatable bonds is 3. The highest BCUT2D eigenvalue weighted by Gasteiger charge is 2.46. The normalized spacial score (nSPS) is 32.3.